The van der Waals surface area contributed by atoms with Crippen LogP contribution in [-0.4, -0.2) is 37.6 Å². The number of nitrogens with one attached hydrogen (secondary N) is 2. The Morgan fingerprint density at radius 1 is 1.70 bits per heavy atom. The Hall–Kier alpha value is -0.610. The van der Waals surface area contributed by atoms with E-state index in [0.29, 0.717) is 0 Å². The normalized spacial score (nSPS) is 25.5. The number of carbonyl (C=O) groups is 1. The number of hydrogen-bond donors (Lipinski definition) is 2. The molecule has 1 amide bonds. The first-order chi connectivity index (χ1) is 4.70. The van der Waals surface area contributed by atoms with Crippen LogP contribution in [0.3, 0.4) is 0 Å². The van der Waals surface area contributed by atoms with E-state index in [4.69, 9.17) is 0 Å². The molecule has 0 aromatic heterocycles. The minimum Gasteiger partial charge on any atom is -0.355 e. The van der Waals surface area contributed by atoms with E-state index in [-0.39, 0.29) is 11.9 Å². The van der Waals surface area contributed by atoms with Gasteiger partial charge in [0.25, 0.3) is 0 Å². The highest BCUT2D eigenvalue weighted by molar-refractivity contribution is 5.83. The molecule has 4 nitrogen and oxygen atoms in total. The van der Waals surface area contributed by atoms with Gasteiger partial charge in [-0.1, -0.05) is 0 Å². The molecule has 0 radical (unpaired) electrons. The lowest BCUT2D eigenvalue weighted by molar-refractivity contribution is -0.121. The summed E-state index contributed by atoms with van der Waals surface area (Å²) in [5.74, 6) is 0.105. The third-order valence-electron chi connectivity index (χ3n) is 1.46. The largest absolute Gasteiger partial charge is 0.355 e. The van der Waals surface area contributed by atoms with E-state index in [1.165, 1.54) is 0 Å². The molecule has 1 unspecified atom stereocenters. The molecule has 0 aromatic rings. The molecule has 0 aliphatic carbocycles. The summed E-state index contributed by atoms with van der Waals surface area (Å²) in [5, 5.41) is 4.55. The second kappa shape index (κ2) is 2.98. The van der Waals surface area contributed by atoms with E-state index in [2.05, 4.69) is 10.7 Å². The third kappa shape index (κ3) is 1.68. The number of hydrogen-bond acceptors (Lipinski definition) is 3. The summed E-state index contributed by atoms with van der Waals surface area (Å²) in [6, 6.07) is -0.0185. The summed E-state index contributed by atoms with van der Waals surface area (Å²) in [6.45, 7) is 0.796. The van der Waals surface area contributed by atoms with Crippen LogP contribution in [0.25, 0.3) is 0 Å². The van der Waals surface area contributed by atoms with E-state index in [1.807, 2.05) is 14.1 Å². The molecule has 1 fully saturated rings. The SMILES string of the molecule is CN(C)NC1CCNC1=O. The maximum atomic E-state index is 10.9. The maximum Gasteiger partial charge on any atom is 0.238 e. The minimum atomic E-state index is -0.0185. The molecule has 0 saturated carbocycles. The number of rotatable bonds is 2. The van der Waals surface area contributed by atoms with Crippen molar-refractivity contribution in [1.82, 2.24) is 15.8 Å². The maximum absolute atomic E-state index is 10.9. The Kier molecular flexibility index (Phi) is 2.24. The lowest BCUT2D eigenvalue weighted by Gasteiger charge is -2.15. The molecule has 0 aromatic carbocycles. The Balaban J connectivity index is 2.33. The molecule has 1 aliphatic heterocycles. The third-order valence-corrected chi connectivity index (χ3v) is 1.46. The highest BCUT2D eigenvalue weighted by Crippen LogP contribution is 1.98. The van der Waals surface area contributed by atoms with Gasteiger partial charge in [-0.3, -0.25) is 4.79 Å². The van der Waals surface area contributed by atoms with Crippen LogP contribution in [0, 0.1) is 0 Å². The van der Waals surface area contributed by atoms with E-state index < -0.39 is 0 Å². The van der Waals surface area contributed by atoms with Gasteiger partial charge in [-0.05, 0) is 6.42 Å². The van der Waals surface area contributed by atoms with E-state index >= 15 is 0 Å². The fraction of sp³-hybridized carbons (Fsp3) is 0.833. The van der Waals surface area contributed by atoms with Gasteiger partial charge in [0.1, 0.15) is 6.04 Å². The van der Waals surface area contributed by atoms with Crippen molar-refractivity contribution >= 4 is 5.91 Å². The summed E-state index contributed by atoms with van der Waals surface area (Å²) in [4.78, 5) is 10.9. The molecule has 1 heterocycles. The first-order valence-corrected chi connectivity index (χ1v) is 3.41. The van der Waals surface area contributed by atoms with Gasteiger partial charge in [-0.2, -0.15) is 0 Å². The Morgan fingerprint density at radius 2 is 2.40 bits per heavy atom. The van der Waals surface area contributed by atoms with Crippen molar-refractivity contribution in [3.63, 3.8) is 0 Å². The summed E-state index contributed by atoms with van der Waals surface area (Å²) >= 11 is 0. The van der Waals surface area contributed by atoms with Gasteiger partial charge in [-0.15, -0.1) is 0 Å². The van der Waals surface area contributed by atoms with E-state index in [1.54, 1.807) is 5.01 Å². The van der Waals surface area contributed by atoms with Gasteiger partial charge in [0.2, 0.25) is 5.91 Å². The van der Waals surface area contributed by atoms with Crippen LogP contribution in [0.1, 0.15) is 6.42 Å². The van der Waals surface area contributed by atoms with Crippen LogP contribution in [0.5, 0.6) is 0 Å². The number of carbonyl (C=O) groups excluding carboxylic acids is 1. The predicted molar refractivity (Wildman–Crippen MR) is 38.2 cm³/mol. The highest BCUT2D eigenvalue weighted by atomic mass is 16.2. The number of amides is 1. The monoisotopic (exact) mass is 143 g/mol. The molecule has 0 spiro atoms. The van der Waals surface area contributed by atoms with Gasteiger partial charge in [-0.25, -0.2) is 10.4 Å². The lowest BCUT2D eigenvalue weighted by atomic mass is 10.3. The quantitative estimate of drug-likeness (QED) is 0.484. The van der Waals surface area contributed by atoms with Crippen molar-refractivity contribution in [2.45, 2.75) is 12.5 Å². The van der Waals surface area contributed by atoms with E-state index in [0.717, 1.165) is 13.0 Å². The molecular weight excluding hydrogens is 130 g/mol. The van der Waals surface area contributed by atoms with Gasteiger partial charge in [0, 0.05) is 20.6 Å². The Bertz CT molecular complexity index is 135. The summed E-state index contributed by atoms with van der Waals surface area (Å²) < 4.78 is 0. The number of nitrogens with zero attached hydrogens (tertiary/aromatic N) is 1. The van der Waals surface area contributed by atoms with Crippen molar-refractivity contribution in [1.29, 1.82) is 0 Å². The van der Waals surface area contributed by atoms with Crippen molar-refractivity contribution in [2.75, 3.05) is 20.6 Å². The fourth-order valence-electron chi connectivity index (χ4n) is 1.03. The zero-order chi connectivity index (χ0) is 7.56. The second-order valence-electron chi connectivity index (χ2n) is 2.66. The Labute approximate surface area is 60.5 Å². The molecular formula is C6H13N3O. The van der Waals surface area contributed by atoms with Gasteiger partial charge >= 0.3 is 0 Å². The fourth-order valence-corrected chi connectivity index (χ4v) is 1.03. The summed E-state index contributed by atoms with van der Waals surface area (Å²) in [6.07, 6.45) is 0.886. The molecule has 2 N–H and O–H groups in total. The van der Waals surface area contributed by atoms with Crippen LogP contribution < -0.4 is 10.7 Å². The van der Waals surface area contributed by atoms with Crippen LogP contribution in [0.4, 0.5) is 0 Å². The van der Waals surface area contributed by atoms with Crippen molar-refractivity contribution in [3.05, 3.63) is 0 Å². The molecule has 0 bridgehead atoms. The summed E-state index contributed by atoms with van der Waals surface area (Å²) in [5.41, 5.74) is 3.01. The van der Waals surface area contributed by atoms with Crippen molar-refractivity contribution < 1.29 is 4.79 Å². The first-order valence-electron chi connectivity index (χ1n) is 3.41. The molecule has 1 rings (SSSR count). The van der Waals surface area contributed by atoms with E-state index in [9.17, 15) is 4.79 Å². The van der Waals surface area contributed by atoms with Crippen molar-refractivity contribution in [2.24, 2.45) is 0 Å². The zero-order valence-electron chi connectivity index (χ0n) is 6.35. The average molecular weight is 143 g/mol. The topological polar surface area (TPSA) is 44.4 Å². The first kappa shape index (κ1) is 7.50. The molecule has 58 valence electrons. The second-order valence-corrected chi connectivity index (χ2v) is 2.66. The van der Waals surface area contributed by atoms with Crippen molar-refractivity contribution in [3.8, 4) is 0 Å². The molecule has 1 aliphatic rings. The zero-order valence-corrected chi connectivity index (χ0v) is 6.35. The smallest absolute Gasteiger partial charge is 0.238 e. The molecule has 1 atom stereocenters. The standard InChI is InChI=1S/C6H13N3O/c1-9(2)8-5-3-4-7-6(5)10/h5,8H,3-4H2,1-2H3,(H,7,10). The van der Waals surface area contributed by atoms with Crippen LogP contribution >= 0.6 is 0 Å². The predicted octanol–water partition coefficient (Wildman–Crippen LogP) is -1.06. The average Bonchev–Trinajstić information content (AvgIpc) is 2.15. The highest BCUT2D eigenvalue weighted by Gasteiger charge is 2.23. The molecule has 1 saturated heterocycles. The lowest BCUT2D eigenvalue weighted by Crippen LogP contribution is -2.43. The van der Waals surface area contributed by atoms with Crippen LogP contribution in [0.15, 0.2) is 0 Å². The van der Waals surface area contributed by atoms with Crippen LogP contribution in [-0.2, 0) is 4.79 Å². The van der Waals surface area contributed by atoms with Gasteiger partial charge in [0.15, 0.2) is 0 Å². The summed E-state index contributed by atoms with van der Waals surface area (Å²) in [7, 11) is 3.76. The number of hydrazine groups is 1. The molecule has 10 heavy (non-hydrogen) atoms. The van der Waals surface area contributed by atoms with Crippen LogP contribution in [0.2, 0.25) is 0 Å². The van der Waals surface area contributed by atoms with Gasteiger partial charge < -0.3 is 5.32 Å². The molecule has 4 heteroatoms. The minimum absolute atomic E-state index is 0.0185. The Morgan fingerprint density at radius 3 is 2.80 bits per heavy atom. The van der Waals surface area contributed by atoms with Gasteiger partial charge in [0.05, 0.1) is 0 Å².